The summed E-state index contributed by atoms with van der Waals surface area (Å²) >= 11 is 0. The van der Waals surface area contributed by atoms with Crippen LogP contribution in [0.3, 0.4) is 0 Å². The third-order valence-electron chi connectivity index (χ3n) is 5.07. The van der Waals surface area contributed by atoms with Crippen LogP contribution in [0.15, 0.2) is 30.4 Å². The second-order valence-electron chi connectivity index (χ2n) is 6.39. The summed E-state index contributed by atoms with van der Waals surface area (Å²) in [6.07, 6.45) is 13.0. The van der Waals surface area contributed by atoms with Gasteiger partial charge in [-0.05, 0) is 30.1 Å². The summed E-state index contributed by atoms with van der Waals surface area (Å²) in [4.78, 5) is 0. The van der Waals surface area contributed by atoms with Crippen molar-refractivity contribution in [2.24, 2.45) is 24.3 Å². The van der Waals surface area contributed by atoms with Gasteiger partial charge in [-0.2, -0.15) is 0 Å². The van der Waals surface area contributed by atoms with Gasteiger partial charge in [-0.3, -0.25) is 0 Å². The zero-order chi connectivity index (χ0) is 12.0. The van der Waals surface area contributed by atoms with Gasteiger partial charge < -0.3 is 0 Å². The number of rotatable bonds is 3. The molecule has 1 fully saturated rings. The second-order valence-corrected chi connectivity index (χ2v) is 6.39. The van der Waals surface area contributed by atoms with E-state index in [0.29, 0.717) is 5.41 Å². The quantitative estimate of drug-likeness (QED) is 0.558. The highest BCUT2D eigenvalue weighted by atomic mass is 15.1. The van der Waals surface area contributed by atoms with Gasteiger partial charge in [-0.15, -0.1) is 0 Å². The van der Waals surface area contributed by atoms with Gasteiger partial charge in [0.15, 0.2) is 0 Å². The number of imidazole rings is 1. The highest BCUT2D eigenvalue weighted by Gasteiger charge is 2.50. The predicted molar refractivity (Wildman–Crippen MR) is 68.3 cm³/mol. The molecule has 92 valence electrons. The summed E-state index contributed by atoms with van der Waals surface area (Å²) in [6, 6.07) is 0. The fraction of sp³-hybridized carbons (Fsp3) is 0.667. The third kappa shape index (κ3) is 1.74. The van der Waals surface area contributed by atoms with Crippen LogP contribution in [0, 0.1) is 17.3 Å². The average molecular weight is 231 g/mol. The van der Waals surface area contributed by atoms with Gasteiger partial charge in [0.25, 0.3) is 0 Å². The van der Waals surface area contributed by atoms with E-state index in [-0.39, 0.29) is 0 Å². The lowest BCUT2D eigenvalue weighted by atomic mass is 9.48. The zero-order valence-corrected chi connectivity index (χ0v) is 11.2. The molecule has 2 atom stereocenters. The number of aryl methyl sites for hydroxylation is 2. The van der Waals surface area contributed by atoms with Gasteiger partial charge in [-0.1, -0.05) is 25.5 Å². The molecule has 0 radical (unpaired) electrons. The summed E-state index contributed by atoms with van der Waals surface area (Å²) in [5.74, 6) is 1.83. The highest BCUT2D eigenvalue weighted by Crippen LogP contribution is 2.59. The van der Waals surface area contributed by atoms with Gasteiger partial charge in [-0.25, -0.2) is 9.13 Å². The highest BCUT2D eigenvalue weighted by molar-refractivity contribution is 5.23. The van der Waals surface area contributed by atoms with Crippen LogP contribution in [0.2, 0.25) is 0 Å². The van der Waals surface area contributed by atoms with Crippen molar-refractivity contribution in [3.63, 3.8) is 0 Å². The van der Waals surface area contributed by atoms with Crippen molar-refractivity contribution in [2.45, 2.75) is 39.7 Å². The van der Waals surface area contributed by atoms with Gasteiger partial charge in [0, 0.05) is 6.42 Å². The molecule has 17 heavy (non-hydrogen) atoms. The van der Waals surface area contributed by atoms with E-state index in [4.69, 9.17) is 0 Å². The van der Waals surface area contributed by atoms with Crippen LogP contribution in [0.25, 0.3) is 0 Å². The molecule has 0 N–H and O–H groups in total. The standard InChI is InChI=1S/C15H23N2/c1-15(2)13-5-4-12(14(15)10-13)6-7-17-9-8-16(3)11-17/h4,8-9,11,13-14H,5-7,10H2,1-3H3/q+1/t13-,14-/m0/s1. The lowest BCUT2D eigenvalue weighted by Gasteiger charge is -2.56. The fourth-order valence-electron chi connectivity index (χ4n) is 3.65. The summed E-state index contributed by atoms with van der Waals surface area (Å²) < 4.78 is 4.40. The van der Waals surface area contributed by atoms with E-state index in [1.54, 1.807) is 5.57 Å². The van der Waals surface area contributed by atoms with Crippen molar-refractivity contribution >= 4 is 0 Å². The van der Waals surface area contributed by atoms with Gasteiger partial charge in [0.05, 0.1) is 13.6 Å². The first-order valence-electron chi connectivity index (χ1n) is 6.77. The Kier molecular flexibility index (Phi) is 2.42. The largest absolute Gasteiger partial charge is 0.243 e. The monoisotopic (exact) mass is 231 g/mol. The Labute approximate surface area is 104 Å². The lowest BCUT2D eigenvalue weighted by molar-refractivity contribution is -0.671. The maximum Gasteiger partial charge on any atom is 0.243 e. The van der Waals surface area contributed by atoms with Crippen molar-refractivity contribution in [3.05, 3.63) is 30.4 Å². The van der Waals surface area contributed by atoms with E-state index >= 15 is 0 Å². The molecule has 0 aliphatic heterocycles. The predicted octanol–water partition coefficient (Wildman–Crippen LogP) is 2.70. The summed E-state index contributed by atoms with van der Waals surface area (Å²) in [5.41, 5.74) is 2.29. The zero-order valence-electron chi connectivity index (χ0n) is 11.2. The summed E-state index contributed by atoms with van der Waals surface area (Å²) in [6.45, 7) is 6.03. The molecule has 1 aromatic heterocycles. The van der Waals surface area contributed by atoms with E-state index in [1.807, 2.05) is 0 Å². The SMILES string of the molecule is C[n+]1ccn(CCC2=CC[C@H]3C[C@@H]2C3(C)C)c1. The van der Waals surface area contributed by atoms with Crippen molar-refractivity contribution in [2.75, 3.05) is 0 Å². The molecule has 2 bridgehead atoms. The number of nitrogens with zero attached hydrogens (tertiary/aromatic N) is 2. The molecule has 3 aliphatic carbocycles. The first kappa shape index (κ1) is 11.1. The van der Waals surface area contributed by atoms with Crippen LogP contribution in [0.5, 0.6) is 0 Å². The molecule has 0 saturated heterocycles. The number of fused-ring (bicyclic) bond motifs is 1. The summed E-state index contributed by atoms with van der Waals surface area (Å²) in [5, 5.41) is 0. The molecule has 2 nitrogen and oxygen atoms in total. The minimum Gasteiger partial charge on any atom is -0.240 e. The molecule has 0 unspecified atom stereocenters. The van der Waals surface area contributed by atoms with E-state index in [2.05, 4.69) is 54.8 Å². The van der Waals surface area contributed by atoms with Crippen molar-refractivity contribution < 1.29 is 4.57 Å². The molecule has 2 heteroatoms. The number of hydrogen-bond acceptors (Lipinski definition) is 0. The van der Waals surface area contributed by atoms with E-state index < -0.39 is 0 Å². The van der Waals surface area contributed by atoms with Crippen molar-refractivity contribution in [1.82, 2.24) is 4.57 Å². The Hall–Kier alpha value is -1.05. The van der Waals surface area contributed by atoms with E-state index in [0.717, 1.165) is 18.4 Å². The first-order chi connectivity index (χ1) is 8.07. The van der Waals surface area contributed by atoms with Crippen LogP contribution < -0.4 is 4.57 Å². The first-order valence-corrected chi connectivity index (χ1v) is 6.77. The third-order valence-corrected chi connectivity index (χ3v) is 5.07. The minimum atomic E-state index is 0.575. The molecule has 0 spiro atoms. The Morgan fingerprint density at radius 2 is 2.29 bits per heavy atom. The van der Waals surface area contributed by atoms with Crippen LogP contribution in [-0.2, 0) is 13.6 Å². The molecule has 1 aromatic rings. The van der Waals surface area contributed by atoms with Gasteiger partial charge in [0.1, 0.15) is 12.4 Å². The van der Waals surface area contributed by atoms with E-state index in [9.17, 15) is 0 Å². The number of aromatic nitrogens is 2. The summed E-state index contributed by atoms with van der Waals surface area (Å²) in [7, 11) is 2.08. The molecule has 0 aromatic carbocycles. The van der Waals surface area contributed by atoms with E-state index in [1.165, 1.54) is 19.3 Å². The van der Waals surface area contributed by atoms with Crippen molar-refractivity contribution in [1.29, 1.82) is 0 Å². The topological polar surface area (TPSA) is 8.81 Å². The van der Waals surface area contributed by atoms with Crippen LogP contribution in [0.1, 0.15) is 33.1 Å². The van der Waals surface area contributed by atoms with Crippen molar-refractivity contribution in [3.8, 4) is 0 Å². The number of allylic oxidation sites excluding steroid dienone is 2. The molecule has 3 aliphatic rings. The minimum absolute atomic E-state index is 0.575. The van der Waals surface area contributed by atoms with Gasteiger partial charge >= 0.3 is 0 Å². The fourth-order valence-corrected chi connectivity index (χ4v) is 3.65. The van der Waals surface area contributed by atoms with Crippen LogP contribution >= 0.6 is 0 Å². The number of hydrogen-bond donors (Lipinski definition) is 0. The van der Waals surface area contributed by atoms with Crippen LogP contribution in [0.4, 0.5) is 0 Å². The Morgan fingerprint density at radius 1 is 1.47 bits per heavy atom. The Morgan fingerprint density at radius 3 is 2.88 bits per heavy atom. The lowest BCUT2D eigenvalue weighted by Crippen LogP contribution is -2.48. The Balaban J connectivity index is 1.65. The maximum absolute atomic E-state index is 2.52. The molecule has 4 rings (SSSR count). The molecular formula is C15H23N2+. The van der Waals surface area contributed by atoms with Gasteiger partial charge in [0.2, 0.25) is 6.33 Å². The second kappa shape index (κ2) is 3.72. The molecule has 1 heterocycles. The molecule has 0 amide bonds. The molecule has 1 saturated carbocycles. The normalized spacial score (nSPS) is 29.7. The van der Waals surface area contributed by atoms with Crippen LogP contribution in [-0.4, -0.2) is 4.57 Å². The smallest absolute Gasteiger partial charge is 0.240 e. The maximum atomic E-state index is 2.52. The Bertz CT molecular complexity index is 453. The average Bonchev–Trinajstić information content (AvgIpc) is 2.72. The molecular weight excluding hydrogens is 208 g/mol.